The van der Waals surface area contributed by atoms with Crippen molar-refractivity contribution in [3.63, 3.8) is 0 Å². The van der Waals surface area contributed by atoms with Crippen LogP contribution in [0.2, 0.25) is 0 Å². The number of β-amino-alcohol motifs (C(OH)–C–C–N with tert-alkyl or cyclic N) is 1. The van der Waals surface area contributed by atoms with Crippen LogP contribution in [-0.2, 0) is 0 Å². The number of amides is 1. The van der Waals surface area contributed by atoms with E-state index in [1.807, 2.05) is 19.1 Å². The summed E-state index contributed by atoms with van der Waals surface area (Å²) in [7, 11) is 0. The minimum atomic E-state index is -0.643. The number of ether oxygens (including phenoxy) is 1. The molecule has 4 rings (SSSR count). The summed E-state index contributed by atoms with van der Waals surface area (Å²) in [6.45, 7) is 5.71. The molecule has 2 aromatic carbocycles. The lowest BCUT2D eigenvalue weighted by atomic mass is 10.2. The number of rotatable bonds is 9. The van der Waals surface area contributed by atoms with Gasteiger partial charge in [0, 0.05) is 61.9 Å². The summed E-state index contributed by atoms with van der Waals surface area (Å²) < 4.78 is 18.8. The standard InChI is InChI=1S/C27H30FN5O3/c1-20(21-10-12-29-13-11-21)30-31-27(35)22-2-8-26(9-3-22)36-19-25(34)18-32-14-16-33(17-15-32)24-6-4-23(28)5-7-24/h2-13,25,34H,14-19H2,1H3,(H,31,35)/b30-20+. The third-order valence-electron chi connectivity index (χ3n) is 6.02. The number of pyridine rings is 1. The van der Waals surface area contributed by atoms with Crippen molar-refractivity contribution < 1.29 is 19.0 Å². The van der Waals surface area contributed by atoms with Crippen LogP contribution in [0, 0.1) is 5.82 Å². The lowest BCUT2D eigenvalue weighted by Crippen LogP contribution is -2.49. The molecule has 1 unspecified atom stereocenters. The molecular formula is C27H30FN5O3. The van der Waals surface area contributed by atoms with Gasteiger partial charge in [-0.1, -0.05) is 0 Å². The maximum Gasteiger partial charge on any atom is 0.271 e. The van der Waals surface area contributed by atoms with E-state index in [0.717, 1.165) is 37.4 Å². The van der Waals surface area contributed by atoms with Gasteiger partial charge < -0.3 is 14.7 Å². The molecule has 36 heavy (non-hydrogen) atoms. The molecule has 1 atom stereocenters. The van der Waals surface area contributed by atoms with Crippen molar-refractivity contribution in [1.29, 1.82) is 0 Å². The maximum atomic E-state index is 13.1. The smallest absolute Gasteiger partial charge is 0.271 e. The van der Waals surface area contributed by atoms with E-state index in [2.05, 4.69) is 25.3 Å². The van der Waals surface area contributed by atoms with Crippen molar-refractivity contribution in [3.05, 3.63) is 90.0 Å². The minimum Gasteiger partial charge on any atom is -0.491 e. The van der Waals surface area contributed by atoms with E-state index < -0.39 is 6.10 Å². The Morgan fingerprint density at radius 3 is 2.36 bits per heavy atom. The molecule has 0 saturated carbocycles. The molecular weight excluding hydrogens is 461 g/mol. The molecule has 3 aromatic rings. The number of aromatic nitrogens is 1. The fourth-order valence-electron chi connectivity index (χ4n) is 3.94. The Morgan fingerprint density at radius 1 is 1.03 bits per heavy atom. The molecule has 1 saturated heterocycles. The molecule has 1 fully saturated rings. The van der Waals surface area contributed by atoms with Gasteiger partial charge in [-0.05, 0) is 67.6 Å². The van der Waals surface area contributed by atoms with Crippen LogP contribution in [0.25, 0.3) is 0 Å². The quantitative estimate of drug-likeness (QED) is 0.353. The van der Waals surface area contributed by atoms with Gasteiger partial charge in [-0.25, -0.2) is 9.82 Å². The fourth-order valence-corrected chi connectivity index (χ4v) is 3.94. The normalized spacial score (nSPS) is 15.4. The van der Waals surface area contributed by atoms with E-state index >= 15 is 0 Å². The van der Waals surface area contributed by atoms with Crippen LogP contribution in [0.5, 0.6) is 5.75 Å². The van der Waals surface area contributed by atoms with Crippen LogP contribution in [0.3, 0.4) is 0 Å². The SMILES string of the molecule is C/C(=N\NC(=O)c1ccc(OCC(O)CN2CCN(c3ccc(F)cc3)CC2)cc1)c1ccncc1. The van der Waals surface area contributed by atoms with Gasteiger partial charge in [0.05, 0.1) is 5.71 Å². The van der Waals surface area contributed by atoms with E-state index in [9.17, 15) is 14.3 Å². The highest BCUT2D eigenvalue weighted by Crippen LogP contribution is 2.17. The lowest BCUT2D eigenvalue weighted by Gasteiger charge is -2.36. The number of piperazine rings is 1. The molecule has 9 heteroatoms. The largest absolute Gasteiger partial charge is 0.491 e. The number of benzene rings is 2. The third kappa shape index (κ3) is 7.10. The van der Waals surface area contributed by atoms with E-state index in [0.29, 0.717) is 23.6 Å². The fraction of sp³-hybridized carbons (Fsp3) is 0.296. The Labute approximate surface area is 210 Å². The van der Waals surface area contributed by atoms with Gasteiger partial charge in [0.2, 0.25) is 0 Å². The Bertz CT molecular complexity index is 1150. The summed E-state index contributed by atoms with van der Waals surface area (Å²) in [6.07, 6.45) is 2.69. The average molecular weight is 492 g/mol. The first kappa shape index (κ1) is 25.3. The van der Waals surface area contributed by atoms with Crippen molar-refractivity contribution in [2.24, 2.45) is 5.10 Å². The van der Waals surface area contributed by atoms with E-state index in [1.165, 1.54) is 12.1 Å². The number of aliphatic hydroxyl groups is 1. The lowest BCUT2D eigenvalue weighted by molar-refractivity contribution is 0.0663. The van der Waals surface area contributed by atoms with Crippen molar-refractivity contribution in [2.75, 3.05) is 44.2 Å². The summed E-state index contributed by atoms with van der Waals surface area (Å²) in [6, 6.07) is 16.9. The molecule has 0 spiro atoms. The Balaban J connectivity index is 1.18. The van der Waals surface area contributed by atoms with Crippen LogP contribution in [-0.4, -0.2) is 72.0 Å². The zero-order valence-corrected chi connectivity index (χ0v) is 20.2. The number of hydrogen-bond acceptors (Lipinski definition) is 7. The minimum absolute atomic E-state index is 0.152. The summed E-state index contributed by atoms with van der Waals surface area (Å²) >= 11 is 0. The number of nitrogens with one attached hydrogen (secondary N) is 1. The molecule has 2 heterocycles. The number of hydrazone groups is 1. The predicted octanol–water partition coefficient (Wildman–Crippen LogP) is 2.94. The van der Waals surface area contributed by atoms with Crippen molar-refractivity contribution >= 4 is 17.3 Å². The second-order valence-corrected chi connectivity index (χ2v) is 8.63. The summed E-state index contributed by atoms with van der Waals surface area (Å²) in [5.41, 5.74) is 5.56. The molecule has 8 nitrogen and oxygen atoms in total. The van der Waals surface area contributed by atoms with Gasteiger partial charge in [0.1, 0.15) is 24.3 Å². The topological polar surface area (TPSA) is 90.3 Å². The molecule has 1 aliphatic heterocycles. The number of hydrogen-bond donors (Lipinski definition) is 2. The second-order valence-electron chi connectivity index (χ2n) is 8.63. The van der Waals surface area contributed by atoms with Gasteiger partial charge >= 0.3 is 0 Å². The van der Waals surface area contributed by atoms with Crippen LogP contribution < -0.4 is 15.1 Å². The van der Waals surface area contributed by atoms with Crippen molar-refractivity contribution in [3.8, 4) is 5.75 Å². The summed E-state index contributed by atoms with van der Waals surface area (Å²) in [5, 5.41) is 14.6. The van der Waals surface area contributed by atoms with Crippen LogP contribution in [0.1, 0.15) is 22.8 Å². The Morgan fingerprint density at radius 2 is 1.69 bits per heavy atom. The van der Waals surface area contributed by atoms with Crippen LogP contribution in [0.15, 0.2) is 78.2 Å². The first-order valence-electron chi connectivity index (χ1n) is 11.9. The Hall–Kier alpha value is -3.82. The average Bonchev–Trinajstić information content (AvgIpc) is 2.92. The highest BCUT2D eigenvalue weighted by molar-refractivity contribution is 6.00. The third-order valence-corrected chi connectivity index (χ3v) is 6.02. The van der Waals surface area contributed by atoms with Crippen LogP contribution in [0.4, 0.5) is 10.1 Å². The first-order valence-corrected chi connectivity index (χ1v) is 11.9. The first-order chi connectivity index (χ1) is 17.5. The highest BCUT2D eigenvalue weighted by atomic mass is 19.1. The number of carbonyl (C=O) groups is 1. The van der Waals surface area contributed by atoms with Crippen molar-refractivity contribution in [1.82, 2.24) is 15.3 Å². The number of carbonyl (C=O) groups excluding carboxylic acids is 1. The number of aliphatic hydroxyl groups excluding tert-OH is 1. The van der Waals surface area contributed by atoms with E-state index in [1.54, 1.807) is 48.8 Å². The highest BCUT2D eigenvalue weighted by Gasteiger charge is 2.20. The number of nitrogens with zero attached hydrogens (tertiary/aromatic N) is 4. The molecule has 2 N–H and O–H groups in total. The molecule has 1 aromatic heterocycles. The molecule has 0 radical (unpaired) electrons. The molecule has 1 aliphatic rings. The molecule has 0 bridgehead atoms. The Kier molecular flexibility index (Phi) is 8.59. The monoisotopic (exact) mass is 491 g/mol. The summed E-state index contributed by atoms with van der Waals surface area (Å²) in [4.78, 5) is 20.7. The maximum absolute atomic E-state index is 13.1. The second kappa shape index (κ2) is 12.2. The molecule has 0 aliphatic carbocycles. The van der Waals surface area contributed by atoms with Gasteiger partial charge in [0.25, 0.3) is 5.91 Å². The van der Waals surface area contributed by atoms with Gasteiger partial charge in [0.15, 0.2) is 0 Å². The molecule has 1 amide bonds. The van der Waals surface area contributed by atoms with Gasteiger partial charge in [-0.2, -0.15) is 5.10 Å². The van der Waals surface area contributed by atoms with Gasteiger partial charge in [-0.15, -0.1) is 0 Å². The molecule has 188 valence electrons. The van der Waals surface area contributed by atoms with Crippen molar-refractivity contribution in [2.45, 2.75) is 13.0 Å². The van der Waals surface area contributed by atoms with E-state index in [-0.39, 0.29) is 18.3 Å². The van der Waals surface area contributed by atoms with Gasteiger partial charge in [-0.3, -0.25) is 14.7 Å². The van der Waals surface area contributed by atoms with Crippen LogP contribution >= 0.6 is 0 Å². The predicted molar refractivity (Wildman–Crippen MR) is 137 cm³/mol. The number of anilines is 1. The van der Waals surface area contributed by atoms with E-state index in [4.69, 9.17) is 4.74 Å². The summed E-state index contributed by atoms with van der Waals surface area (Å²) in [5.74, 6) is 0.0117. The zero-order valence-electron chi connectivity index (χ0n) is 20.2. The zero-order chi connectivity index (χ0) is 25.3. The number of halogens is 1.